The van der Waals surface area contributed by atoms with Crippen LogP contribution in [0.5, 0.6) is 0 Å². The first-order valence-electron chi connectivity index (χ1n) is 6.04. The van der Waals surface area contributed by atoms with Crippen molar-refractivity contribution in [2.24, 2.45) is 5.92 Å². The smallest absolute Gasteiger partial charge is 0.251 e. The Kier molecular flexibility index (Phi) is 4.03. The van der Waals surface area contributed by atoms with Gasteiger partial charge in [0.15, 0.2) is 0 Å². The number of hydrogen-bond donors (Lipinski definition) is 2. The van der Waals surface area contributed by atoms with E-state index >= 15 is 0 Å². The van der Waals surface area contributed by atoms with Gasteiger partial charge in [-0.05, 0) is 37.8 Å². The number of carbonyl (C=O) groups is 1. The first-order chi connectivity index (χ1) is 8.49. The van der Waals surface area contributed by atoms with Gasteiger partial charge in [-0.3, -0.25) is 4.79 Å². The maximum Gasteiger partial charge on any atom is 0.251 e. The summed E-state index contributed by atoms with van der Waals surface area (Å²) in [5.41, 5.74) is 6.47. The molecule has 98 valence electrons. The molecule has 0 bridgehead atoms. The molecule has 1 aromatic rings. The summed E-state index contributed by atoms with van der Waals surface area (Å²) in [7, 11) is 0. The van der Waals surface area contributed by atoms with Gasteiger partial charge in [-0.15, -0.1) is 0 Å². The largest absolute Gasteiger partial charge is 0.397 e. The fraction of sp³-hybridized carbons (Fsp3) is 0.462. The average molecular weight is 287 g/mol. The van der Waals surface area contributed by atoms with Crippen molar-refractivity contribution in [1.29, 1.82) is 0 Å². The van der Waals surface area contributed by atoms with E-state index in [0.29, 0.717) is 27.2 Å². The van der Waals surface area contributed by atoms with Crippen molar-refractivity contribution in [2.45, 2.75) is 32.2 Å². The van der Waals surface area contributed by atoms with Crippen LogP contribution in [0.3, 0.4) is 0 Å². The van der Waals surface area contributed by atoms with Crippen LogP contribution in [0.25, 0.3) is 0 Å². The van der Waals surface area contributed by atoms with Crippen molar-refractivity contribution < 1.29 is 4.79 Å². The van der Waals surface area contributed by atoms with Crippen molar-refractivity contribution in [2.75, 3.05) is 5.73 Å². The summed E-state index contributed by atoms with van der Waals surface area (Å²) in [4.78, 5) is 12.0. The van der Waals surface area contributed by atoms with Gasteiger partial charge in [0.2, 0.25) is 0 Å². The van der Waals surface area contributed by atoms with Crippen LogP contribution >= 0.6 is 23.2 Å². The van der Waals surface area contributed by atoms with E-state index in [1.54, 1.807) is 12.1 Å². The molecule has 1 aliphatic rings. The summed E-state index contributed by atoms with van der Waals surface area (Å²) in [6.07, 6.45) is 3.63. The maximum absolute atomic E-state index is 12.0. The van der Waals surface area contributed by atoms with Crippen molar-refractivity contribution in [3.8, 4) is 0 Å². The second-order valence-corrected chi connectivity index (χ2v) is 5.60. The van der Waals surface area contributed by atoms with Crippen molar-refractivity contribution >= 4 is 34.8 Å². The number of halogens is 2. The fourth-order valence-electron chi connectivity index (χ4n) is 2.09. The van der Waals surface area contributed by atoms with Gasteiger partial charge in [0.25, 0.3) is 5.91 Å². The number of anilines is 1. The lowest BCUT2D eigenvalue weighted by atomic mass is 9.80. The van der Waals surface area contributed by atoms with Gasteiger partial charge in [-0.1, -0.05) is 29.6 Å². The van der Waals surface area contributed by atoms with Crippen LogP contribution in [-0.4, -0.2) is 11.9 Å². The molecule has 1 atom stereocenters. The van der Waals surface area contributed by atoms with Gasteiger partial charge in [-0.25, -0.2) is 0 Å². The van der Waals surface area contributed by atoms with E-state index in [9.17, 15) is 4.79 Å². The normalized spacial score (nSPS) is 17.1. The quantitative estimate of drug-likeness (QED) is 0.836. The average Bonchev–Trinajstić information content (AvgIpc) is 2.22. The summed E-state index contributed by atoms with van der Waals surface area (Å²) in [6, 6.07) is 3.28. The molecule has 2 rings (SSSR count). The Balaban J connectivity index is 2.08. The highest BCUT2D eigenvalue weighted by molar-refractivity contribution is 6.43. The molecule has 3 nitrogen and oxygen atoms in total. The van der Waals surface area contributed by atoms with Crippen molar-refractivity contribution in [1.82, 2.24) is 5.32 Å². The number of rotatable bonds is 3. The Morgan fingerprint density at radius 3 is 2.61 bits per heavy atom. The third-order valence-corrected chi connectivity index (χ3v) is 4.35. The molecule has 0 spiro atoms. The second-order valence-electron chi connectivity index (χ2n) is 4.81. The number of nitrogen functional groups attached to an aromatic ring is 1. The lowest BCUT2D eigenvalue weighted by Gasteiger charge is -2.31. The molecule has 0 heterocycles. The van der Waals surface area contributed by atoms with E-state index < -0.39 is 0 Å². The molecule has 1 unspecified atom stereocenters. The molecule has 0 saturated heterocycles. The molecule has 3 N–H and O–H groups in total. The number of carbonyl (C=O) groups excluding carboxylic acids is 1. The number of nitrogens with one attached hydrogen (secondary N) is 1. The molecule has 1 aliphatic carbocycles. The van der Waals surface area contributed by atoms with E-state index in [-0.39, 0.29) is 11.9 Å². The highest BCUT2D eigenvalue weighted by atomic mass is 35.5. The molecule has 18 heavy (non-hydrogen) atoms. The van der Waals surface area contributed by atoms with E-state index in [1.807, 2.05) is 6.92 Å². The predicted octanol–water partition coefficient (Wildman–Crippen LogP) is 3.49. The molecule has 5 heteroatoms. The fourth-order valence-corrected chi connectivity index (χ4v) is 2.42. The topological polar surface area (TPSA) is 55.1 Å². The lowest BCUT2D eigenvalue weighted by molar-refractivity contribution is 0.0909. The molecular weight excluding hydrogens is 271 g/mol. The number of amides is 1. The third-order valence-electron chi connectivity index (χ3n) is 3.53. The van der Waals surface area contributed by atoms with Gasteiger partial charge in [0, 0.05) is 11.6 Å². The zero-order valence-electron chi connectivity index (χ0n) is 10.2. The minimum Gasteiger partial charge on any atom is -0.397 e. The lowest BCUT2D eigenvalue weighted by Crippen LogP contribution is -2.40. The highest BCUT2D eigenvalue weighted by Crippen LogP contribution is 2.31. The summed E-state index contributed by atoms with van der Waals surface area (Å²) in [6.45, 7) is 2.03. The van der Waals surface area contributed by atoms with Crippen LogP contribution in [0, 0.1) is 5.92 Å². The van der Waals surface area contributed by atoms with E-state index in [4.69, 9.17) is 28.9 Å². The zero-order valence-corrected chi connectivity index (χ0v) is 11.7. The molecule has 0 radical (unpaired) electrons. The predicted molar refractivity (Wildman–Crippen MR) is 75.1 cm³/mol. The molecule has 0 aromatic heterocycles. The zero-order chi connectivity index (χ0) is 13.3. The van der Waals surface area contributed by atoms with Gasteiger partial charge < -0.3 is 11.1 Å². The molecule has 0 aliphatic heterocycles. The molecule has 1 saturated carbocycles. The summed E-state index contributed by atoms with van der Waals surface area (Å²) in [5.74, 6) is 0.439. The molecule has 1 amide bonds. The Hall–Kier alpha value is -0.930. The van der Waals surface area contributed by atoms with Crippen LogP contribution in [-0.2, 0) is 0 Å². The summed E-state index contributed by atoms with van der Waals surface area (Å²) < 4.78 is 0. The third kappa shape index (κ3) is 2.73. The first-order valence-corrected chi connectivity index (χ1v) is 6.80. The first kappa shape index (κ1) is 13.5. The van der Waals surface area contributed by atoms with Crippen LogP contribution in [0.2, 0.25) is 10.0 Å². The number of benzene rings is 1. The minimum atomic E-state index is -0.153. The standard InChI is InChI=1S/C13H16Cl2N2O/c1-7(8-3-2-4-8)17-13(18)9-5-10(14)12(15)11(16)6-9/h5-8H,2-4,16H2,1H3,(H,17,18). The Morgan fingerprint density at radius 1 is 1.44 bits per heavy atom. The molecular formula is C13H16Cl2N2O. The van der Waals surface area contributed by atoms with Crippen molar-refractivity contribution in [3.63, 3.8) is 0 Å². The molecule has 1 aromatic carbocycles. The SMILES string of the molecule is CC(NC(=O)c1cc(N)c(Cl)c(Cl)c1)C1CCC1. The minimum absolute atomic E-state index is 0.153. The van der Waals surface area contributed by atoms with Crippen LogP contribution < -0.4 is 11.1 Å². The maximum atomic E-state index is 12.0. The van der Waals surface area contributed by atoms with Gasteiger partial charge in [0.05, 0.1) is 15.7 Å². The van der Waals surface area contributed by atoms with E-state index in [2.05, 4.69) is 5.32 Å². The van der Waals surface area contributed by atoms with Gasteiger partial charge in [0.1, 0.15) is 0 Å². The number of nitrogens with two attached hydrogens (primary N) is 1. The Bertz CT molecular complexity index is 449. The van der Waals surface area contributed by atoms with Gasteiger partial charge in [-0.2, -0.15) is 0 Å². The second kappa shape index (κ2) is 5.37. The van der Waals surface area contributed by atoms with E-state index in [1.165, 1.54) is 19.3 Å². The van der Waals surface area contributed by atoms with Crippen molar-refractivity contribution in [3.05, 3.63) is 27.7 Å². The van der Waals surface area contributed by atoms with E-state index in [0.717, 1.165) is 0 Å². The van der Waals surface area contributed by atoms with Crippen LogP contribution in [0.15, 0.2) is 12.1 Å². The monoisotopic (exact) mass is 286 g/mol. The highest BCUT2D eigenvalue weighted by Gasteiger charge is 2.25. The summed E-state index contributed by atoms with van der Waals surface area (Å²) >= 11 is 11.8. The summed E-state index contributed by atoms with van der Waals surface area (Å²) in [5, 5.41) is 3.57. The van der Waals surface area contributed by atoms with Crippen LogP contribution in [0.1, 0.15) is 36.5 Å². The van der Waals surface area contributed by atoms with Gasteiger partial charge >= 0.3 is 0 Å². The number of hydrogen-bond acceptors (Lipinski definition) is 2. The molecule has 1 fully saturated rings. The van der Waals surface area contributed by atoms with Crippen LogP contribution in [0.4, 0.5) is 5.69 Å². The Morgan fingerprint density at radius 2 is 2.11 bits per heavy atom. The Labute approximate surface area is 117 Å².